The van der Waals surface area contributed by atoms with Crippen LogP contribution in [0.15, 0.2) is 24.3 Å². The summed E-state index contributed by atoms with van der Waals surface area (Å²) in [6, 6.07) is 8.49. The Balaban J connectivity index is 2.72. The van der Waals surface area contributed by atoms with Crippen LogP contribution in [0.4, 0.5) is 0 Å². The molecule has 0 radical (unpaired) electrons. The Kier molecular flexibility index (Phi) is 3.38. The molecule has 84 valence electrons. The van der Waals surface area contributed by atoms with Crippen LogP contribution in [0, 0.1) is 10.5 Å². The predicted octanol–water partition coefficient (Wildman–Crippen LogP) is 4.41. The molecule has 2 heteroatoms. The molecular formula is C14H15IO. The lowest BCUT2D eigenvalue weighted by Gasteiger charge is -2.10. The monoisotopic (exact) mass is 326 g/mol. The van der Waals surface area contributed by atoms with Crippen LogP contribution in [0.25, 0.3) is 10.8 Å². The first kappa shape index (κ1) is 11.7. The van der Waals surface area contributed by atoms with Crippen molar-refractivity contribution in [3.05, 3.63) is 39.0 Å². The minimum Gasteiger partial charge on any atom is -0.507 e. The molecule has 0 aliphatic rings. The summed E-state index contributed by atoms with van der Waals surface area (Å²) in [6.07, 6.45) is 1.99. The quantitative estimate of drug-likeness (QED) is 0.811. The Morgan fingerprint density at radius 3 is 2.69 bits per heavy atom. The number of hydrogen-bond donors (Lipinski definition) is 1. The number of aryl methyl sites for hydroxylation is 2. The van der Waals surface area contributed by atoms with Gasteiger partial charge in [0.25, 0.3) is 0 Å². The van der Waals surface area contributed by atoms with Gasteiger partial charge in [0.15, 0.2) is 0 Å². The van der Waals surface area contributed by atoms with Gasteiger partial charge in [-0.25, -0.2) is 0 Å². The fourth-order valence-corrected chi connectivity index (χ4v) is 2.78. The smallest absolute Gasteiger partial charge is 0.132 e. The minimum atomic E-state index is 0.459. The zero-order valence-corrected chi connectivity index (χ0v) is 11.7. The topological polar surface area (TPSA) is 20.2 Å². The van der Waals surface area contributed by atoms with Crippen molar-refractivity contribution in [3.8, 4) is 5.75 Å². The van der Waals surface area contributed by atoms with Crippen molar-refractivity contribution in [1.29, 1.82) is 0 Å². The Morgan fingerprint density at radius 2 is 2.00 bits per heavy atom. The molecule has 0 fully saturated rings. The third-order valence-corrected chi connectivity index (χ3v) is 3.90. The van der Waals surface area contributed by atoms with Crippen molar-refractivity contribution in [2.24, 2.45) is 0 Å². The fourth-order valence-electron chi connectivity index (χ4n) is 1.97. The van der Waals surface area contributed by atoms with E-state index in [4.69, 9.17) is 0 Å². The second-order valence-electron chi connectivity index (χ2n) is 4.17. The molecule has 0 saturated heterocycles. The van der Waals surface area contributed by atoms with E-state index in [9.17, 15) is 5.11 Å². The zero-order chi connectivity index (χ0) is 11.7. The van der Waals surface area contributed by atoms with Gasteiger partial charge >= 0.3 is 0 Å². The maximum Gasteiger partial charge on any atom is 0.132 e. The standard InChI is InChI=1S/C14H15IO/c1-3-4-11-8-10-6-5-9(2)7-12(10)13(15)14(11)16/h5-8,16H,3-4H2,1-2H3. The highest BCUT2D eigenvalue weighted by atomic mass is 127. The molecule has 0 unspecified atom stereocenters. The van der Waals surface area contributed by atoms with E-state index < -0.39 is 0 Å². The summed E-state index contributed by atoms with van der Waals surface area (Å²) >= 11 is 2.23. The van der Waals surface area contributed by atoms with Crippen LogP contribution in [0.1, 0.15) is 24.5 Å². The second kappa shape index (κ2) is 4.62. The van der Waals surface area contributed by atoms with E-state index in [0.717, 1.165) is 27.4 Å². The van der Waals surface area contributed by atoms with Gasteiger partial charge in [-0.1, -0.05) is 37.1 Å². The van der Waals surface area contributed by atoms with E-state index in [1.54, 1.807) is 0 Å². The van der Waals surface area contributed by atoms with Gasteiger partial charge in [0, 0.05) is 0 Å². The maximum absolute atomic E-state index is 10.1. The third-order valence-electron chi connectivity index (χ3n) is 2.81. The molecule has 0 aromatic heterocycles. The molecule has 2 aromatic rings. The van der Waals surface area contributed by atoms with Gasteiger partial charge in [0.2, 0.25) is 0 Å². The van der Waals surface area contributed by atoms with Crippen LogP contribution in [0.5, 0.6) is 5.75 Å². The summed E-state index contributed by atoms with van der Waals surface area (Å²) < 4.78 is 0.974. The van der Waals surface area contributed by atoms with Gasteiger partial charge in [-0.15, -0.1) is 0 Å². The van der Waals surface area contributed by atoms with Crippen molar-refractivity contribution in [2.45, 2.75) is 26.7 Å². The average Bonchev–Trinajstić information content (AvgIpc) is 2.27. The SMILES string of the molecule is CCCc1cc2ccc(C)cc2c(I)c1O. The molecule has 0 atom stereocenters. The summed E-state index contributed by atoms with van der Waals surface area (Å²) in [7, 11) is 0. The average molecular weight is 326 g/mol. The van der Waals surface area contributed by atoms with Crippen LogP contribution in [0.3, 0.4) is 0 Å². The summed E-state index contributed by atoms with van der Waals surface area (Å²) in [5.74, 6) is 0.459. The molecular weight excluding hydrogens is 311 g/mol. The minimum absolute atomic E-state index is 0.459. The number of hydrogen-bond acceptors (Lipinski definition) is 1. The van der Waals surface area contributed by atoms with Gasteiger partial charge < -0.3 is 5.11 Å². The van der Waals surface area contributed by atoms with E-state index in [-0.39, 0.29) is 0 Å². The van der Waals surface area contributed by atoms with Crippen LogP contribution in [-0.2, 0) is 6.42 Å². The molecule has 0 spiro atoms. The van der Waals surface area contributed by atoms with Crippen molar-refractivity contribution in [3.63, 3.8) is 0 Å². The lowest BCUT2D eigenvalue weighted by atomic mass is 10.0. The predicted molar refractivity (Wildman–Crippen MR) is 77.1 cm³/mol. The number of benzene rings is 2. The first-order valence-corrected chi connectivity index (χ1v) is 6.62. The Morgan fingerprint density at radius 1 is 1.25 bits per heavy atom. The van der Waals surface area contributed by atoms with Crippen molar-refractivity contribution >= 4 is 33.4 Å². The molecule has 1 nitrogen and oxygen atoms in total. The van der Waals surface area contributed by atoms with E-state index >= 15 is 0 Å². The van der Waals surface area contributed by atoms with Crippen molar-refractivity contribution in [1.82, 2.24) is 0 Å². The number of aromatic hydroxyl groups is 1. The van der Waals surface area contributed by atoms with Crippen molar-refractivity contribution < 1.29 is 5.11 Å². The first-order valence-electron chi connectivity index (χ1n) is 5.54. The molecule has 1 N–H and O–H groups in total. The highest BCUT2D eigenvalue weighted by molar-refractivity contribution is 14.1. The molecule has 0 saturated carbocycles. The molecule has 2 rings (SSSR count). The van der Waals surface area contributed by atoms with Gasteiger partial charge in [0.1, 0.15) is 5.75 Å². The molecule has 0 aliphatic heterocycles. The molecule has 16 heavy (non-hydrogen) atoms. The number of phenolic OH excluding ortho intramolecular Hbond substituents is 1. The van der Waals surface area contributed by atoms with Crippen LogP contribution >= 0.6 is 22.6 Å². The fraction of sp³-hybridized carbons (Fsp3) is 0.286. The summed E-state index contributed by atoms with van der Waals surface area (Å²) in [5, 5.41) is 12.5. The lowest BCUT2D eigenvalue weighted by molar-refractivity contribution is 0.465. The number of fused-ring (bicyclic) bond motifs is 1. The Bertz CT molecular complexity index is 532. The van der Waals surface area contributed by atoms with Crippen LogP contribution in [0.2, 0.25) is 0 Å². The third kappa shape index (κ3) is 2.03. The lowest BCUT2D eigenvalue weighted by Crippen LogP contribution is -1.89. The first-order chi connectivity index (χ1) is 7.63. The maximum atomic E-state index is 10.1. The Labute approximate surface area is 110 Å². The summed E-state index contributed by atoms with van der Waals surface area (Å²) in [5.41, 5.74) is 2.29. The second-order valence-corrected chi connectivity index (χ2v) is 5.25. The van der Waals surface area contributed by atoms with Gasteiger partial charge in [0.05, 0.1) is 3.57 Å². The van der Waals surface area contributed by atoms with Gasteiger partial charge in [-0.3, -0.25) is 0 Å². The number of rotatable bonds is 2. The molecule has 0 heterocycles. The molecule has 0 amide bonds. The highest BCUT2D eigenvalue weighted by Gasteiger charge is 2.09. The summed E-state index contributed by atoms with van der Waals surface area (Å²) in [6.45, 7) is 4.21. The van der Waals surface area contributed by atoms with E-state index in [0.29, 0.717) is 5.75 Å². The normalized spacial score (nSPS) is 10.9. The van der Waals surface area contributed by atoms with Crippen LogP contribution in [-0.4, -0.2) is 5.11 Å². The molecule has 2 aromatic carbocycles. The highest BCUT2D eigenvalue weighted by Crippen LogP contribution is 2.33. The number of phenols is 1. The molecule has 0 aliphatic carbocycles. The largest absolute Gasteiger partial charge is 0.507 e. The van der Waals surface area contributed by atoms with E-state index in [2.05, 4.69) is 60.7 Å². The van der Waals surface area contributed by atoms with Gasteiger partial charge in [-0.05, 0) is 58.3 Å². The molecule has 0 bridgehead atoms. The van der Waals surface area contributed by atoms with Crippen molar-refractivity contribution in [2.75, 3.05) is 0 Å². The Hall–Kier alpha value is -0.770. The van der Waals surface area contributed by atoms with E-state index in [1.165, 1.54) is 10.9 Å². The number of halogens is 1. The summed E-state index contributed by atoms with van der Waals surface area (Å²) in [4.78, 5) is 0. The van der Waals surface area contributed by atoms with E-state index in [1.807, 2.05) is 0 Å². The zero-order valence-electron chi connectivity index (χ0n) is 9.55. The van der Waals surface area contributed by atoms with Gasteiger partial charge in [-0.2, -0.15) is 0 Å². The van der Waals surface area contributed by atoms with Crippen LogP contribution < -0.4 is 0 Å².